The number of hydrogen-bond donors (Lipinski definition) is 0. The van der Waals surface area contributed by atoms with Gasteiger partial charge in [0.15, 0.2) is 23.0 Å². The van der Waals surface area contributed by atoms with Crippen LogP contribution in [0, 0.1) is 0 Å². The zero-order valence-electron chi connectivity index (χ0n) is 21.1. The van der Waals surface area contributed by atoms with Crippen molar-refractivity contribution in [3.8, 4) is 28.7 Å². The molecule has 6 heteroatoms. The van der Waals surface area contributed by atoms with Crippen LogP contribution in [0.25, 0.3) is 12.2 Å². The SMILES string of the molecule is COc1cc(/C=C\c2cccc(OCc3ccccc3)c2OC)c(Br)c(OC)c1OCc1ccccc1. The van der Waals surface area contributed by atoms with E-state index in [1.165, 1.54) is 0 Å². The minimum absolute atomic E-state index is 0.391. The average molecular weight is 561 g/mol. The van der Waals surface area contributed by atoms with Crippen LogP contribution in [-0.2, 0) is 13.2 Å². The molecule has 0 spiro atoms. The lowest BCUT2D eigenvalue weighted by Crippen LogP contribution is -2.01. The molecule has 4 aromatic rings. The Morgan fingerprint density at radius 2 is 1.16 bits per heavy atom. The number of benzene rings is 4. The number of hydrogen-bond acceptors (Lipinski definition) is 5. The minimum atomic E-state index is 0.391. The third-order valence-corrected chi connectivity index (χ3v) is 6.53. The molecule has 4 aromatic carbocycles. The molecule has 0 fully saturated rings. The van der Waals surface area contributed by atoms with Crippen molar-refractivity contribution in [2.45, 2.75) is 13.2 Å². The lowest BCUT2D eigenvalue weighted by molar-refractivity contribution is 0.265. The Hall–Kier alpha value is -3.90. The molecule has 190 valence electrons. The van der Waals surface area contributed by atoms with Gasteiger partial charge >= 0.3 is 0 Å². The highest BCUT2D eigenvalue weighted by molar-refractivity contribution is 9.10. The van der Waals surface area contributed by atoms with E-state index in [2.05, 4.69) is 15.9 Å². The number of halogens is 1. The van der Waals surface area contributed by atoms with Crippen LogP contribution in [0.4, 0.5) is 0 Å². The standard InChI is InChI=1S/C31H29BrO5/c1-33-27-19-25(28(32)31(35-3)30(27)37-21-23-13-8-5-9-14-23)18-17-24-15-10-16-26(29(24)34-2)36-20-22-11-6-4-7-12-22/h4-19H,20-21H2,1-3H3/b18-17-. The van der Waals surface area contributed by atoms with Gasteiger partial charge in [0.1, 0.15) is 13.2 Å². The van der Waals surface area contributed by atoms with Gasteiger partial charge in [-0.15, -0.1) is 0 Å². The zero-order chi connectivity index (χ0) is 26.0. The highest BCUT2D eigenvalue weighted by Gasteiger charge is 2.19. The summed E-state index contributed by atoms with van der Waals surface area (Å²) in [6.07, 6.45) is 3.94. The summed E-state index contributed by atoms with van der Waals surface area (Å²) < 4.78 is 30.0. The first-order valence-corrected chi connectivity index (χ1v) is 12.6. The van der Waals surface area contributed by atoms with Crippen molar-refractivity contribution in [3.63, 3.8) is 0 Å². The summed E-state index contributed by atoms with van der Waals surface area (Å²) in [5.74, 6) is 3.00. The molecule has 0 N–H and O–H groups in total. The quantitative estimate of drug-likeness (QED) is 0.175. The number of methoxy groups -OCH3 is 3. The first kappa shape index (κ1) is 26.2. The van der Waals surface area contributed by atoms with Crippen LogP contribution in [0.1, 0.15) is 22.3 Å². The van der Waals surface area contributed by atoms with E-state index in [0.29, 0.717) is 42.0 Å². The van der Waals surface area contributed by atoms with E-state index >= 15 is 0 Å². The molecule has 0 radical (unpaired) electrons. The van der Waals surface area contributed by atoms with E-state index in [-0.39, 0.29) is 0 Å². The van der Waals surface area contributed by atoms with E-state index in [1.54, 1.807) is 21.3 Å². The van der Waals surface area contributed by atoms with E-state index in [1.807, 2.05) is 97.1 Å². The summed E-state index contributed by atoms with van der Waals surface area (Å²) >= 11 is 3.69. The maximum Gasteiger partial charge on any atom is 0.205 e. The third kappa shape index (κ3) is 6.46. The van der Waals surface area contributed by atoms with Crippen molar-refractivity contribution >= 4 is 28.1 Å². The summed E-state index contributed by atoms with van der Waals surface area (Å²) in [4.78, 5) is 0. The minimum Gasteiger partial charge on any atom is -0.493 e. The number of para-hydroxylation sites is 1. The van der Waals surface area contributed by atoms with Crippen molar-refractivity contribution in [2.24, 2.45) is 0 Å². The van der Waals surface area contributed by atoms with Crippen LogP contribution < -0.4 is 23.7 Å². The van der Waals surface area contributed by atoms with Crippen LogP contribution in [0.3, 0.4) is 0 Å². The van der Waals surface area contributed by atoms with Gasteiger partial charge in [0.05, 0.1) is 25.8 Å². The molecule has 0 unspecified atom stereocenters. The van der Waals surface area contributed by atoms with Gasteiger partial charge in [-0.1, -0.05) is 84.9 Å². The molecule has 5 nitrogen and oxygen atoms in total. The van der Waals surface area contributed by atoms with Crippen LogP contribution in [0.5, 0.6) is 28.7 Å². The van der Waals surface area contributed by atoms with Gasteiger partial charge in [0.2, 0.25) is 5.75 Å². The molecular formula is C31H29BrO5. The van der Waals surface area contributed by atoms with Gasteiger partial charge in [-0.3, -0.25) is 0 Å². The van der Waals surface area contributed by atoms with E-state index < -0.39 is 0 Å². The van der Waals surface area contributed by atoms with Gasteiger partial charge in [-0.25, -0.2) is 0 Å². The van der Waals surface area contributed by atoms with Gasteiger partial charge in [0, 0.05) is 5.56 Å². The Kier molecular flexibility index (Phi) is 9.11. The van der Waals surface area contributed by atoms with Crippen molar-refractivity contribution in [1.29, 1.82) is 0 Å². The van der Waals surface area contributed by atoms with Gasteiger partial charge in [-0.2, -0.15) is 0 Å². The molecule has 0 aliphatic rings. The van der Waals surface area contributed by atoms with Gasteiger partial charge in [-0.05, 0) is 44.8 Å². The molecule has 0 aromatic heterocycles. The fourth-order valence-electron chi connectivity index (χ4n) is 3.85. The fraction of sp³-hybridized carbons (Fsp3) is 0.161. The van der Waals surface area contributed by atoms with Crippen molar-refractivity contribution in [2.75, 3.05) is 21.3 Å². The monoisotopic (exact) mass is 560 g/mol. The maximum atomic E-state index is 6.11. The molecule has 4 rings (SSSR count). The van der Waals surface area contributed by atoms with Crippen molar-refractivity contribution < 1.29 is 23.7 Å². The van der Waals surface area contributed by atoms with Crippen LogP contribution >= 0.6 is 15.9 Å². The molecule has 0 saturated carbocycles. The summed E-state index contributed by atoms with van der Waals surface area (Å²) in [6, 6.07) is 27.7. The Labute approximate surface area is 226 Å². The number of ether oxygens (including phenoxy) is 5. The Morgan fingerprint density at radius 1 is 0.568 bits per heavy atom. The second-order valence-electron chi connectivity index (χ2n) is 8.10. The predicted molar refractivity (Wildman–Crippen MR) is 151 cm³/mol. The molecule has 0 aliphatic heterocycles. The normalized spacial score (nSPS) is 10.8. The Bertz CT molecular complexity index is 1340. The third-order valence-electron chi connectivity index (χ3n) is 5.71. The molecule has 0 saturated heterocycles. The van der Waals surface area contributed by atoms with Gasteiger partial charge in [0.25, 0.3) is 0 Å². The summed E-state index contributed by atoms with van der Waals surface area (Å²) in [5, 5.41) is 0. The Balaban J connectivity index is 1.60. The lowest BCUT2D eigenvalue weighted by Gasteiger charge is -2.17. The first-order valence-electron chi connectivity index (χ1n) is 11.8. The Morgan fingerprint density at radius 3 is 1.76 bits per heavy atom. The highest BCUT2D eigenvalue weighted by atomic mass is 79.9. The van der Waals surface area contributed by atoms with E-state index in [4.69, 9.17) is 23.7 Å². The zero-order valence-corrected chi connectivity index (χ0v) is 22.7. The summed E-state index contributed by atoms with van der Waals surface area (Å²) in [5.41, 5.74) is 3.87. The largest absolute Gasteiger partial charge is 0.493 e. The smallest absolute Gasteiger partial charge is 0.205 e. The molecule has 0 heterocycles. The van der Waals surface area contributed by atoms with Crippen LogP contribution in [0.2, 0.25) is 0 Å². The van der Waals surface area contributed by atoms with Crippen LogP contribution in [-0.4, -0.2) is 21.3 Å². The first-order chi connectivity index (χ1) is 18.1. The molecule has 0 amide bonds. The van der Waals surface area contributed by atoms with Crippen LogP contribution in [0.15, 0.2) is 89.4 Å². The molecule has 37 heavy (non-hydrogen) atoms. The molecule has 0 bridgehead atoms. The molecule has 0 atom stereocenters. The second kappa shape index (κ2) is 12.9. The highest BCUT2D eigenvalue weighted by Crippen LogP contribution is 2.46. The predicted octanol–water partition coefficient (Wildman–Crippen LogP) is 7.80. The van der Waals surface area contributed by atoms with Crippen molar-refractivity contribution in [3.05, 3.63) is 112 Å². The lowest BCUT2D eigenvalue weighted by atomic mass is 10.1. The molecule has 0 aliphatic carbocycles. The summed E-state index contributed by atoms with van der Waals surface area (Å²) in [7, 11) is 4.87. The van der Waals surface area contributed by atoms with E-state index in [0.717, 1.165) is 26.7 Å². The van der Waals surface area contributed by atoms with E-state index in [9.17, 15) is 0 Å². The fourth-order valence-corrected chi connectivity index (χ4v) is 4.43. The van der Waals surface area contributed by atoms with Gasteiger partial charge < -0.3 is 23.7 Å². The average Bonchev–Trinajstić information content (AvgIpc) is 2.95. The maximum absolute atomic E-state index is 6.11. The summed E-state index contributed by atoms with van der Waals surface area (Å²) in [6.45, 7) is 0.844. The molecular weight excluding hydrogens is 532 g/mol. The topological polar surface area (TPSA) is 46.2 Å². The van der Waals surface area contributed by atoms with Crippen molar-refractivity contribution in [1.82, 2.24) is 0 Å². The second-order valence-corrected chi connectivity index (χ2v) is 8.90. The number of rotatable bonds is 11.